The monoisotopic (exact) mass is 173 g/mol. The Morgan fingerprint density at radius 2 is 2.70 bits per heavy atom. The Bertz CT molecular complexity index is 199. The molecule has 10 heavy (non-hydrogen) atoms. The van der Waals surface area contributed by atoms with Gasteiger partial charge >= 0.3 is 0 Å². The highest BCUT2D eigenvalue weighted by molar-refractivity contribution is 7.18. The van der Waals surface area contributed by atoms with Crippen LogP contribution in [0.15, 0.2) is 18.2 Å². The lowest BCUT2D eigenvalue weighted by Gasteiger charge is -2.04. The third-order valence-corrected chi connectivity index (χ3v) is 1.97. The van der Waals surface area contributed by atoms with E-state index in [9.17, 15) is 0 Å². The highest BCUT2D eigenvalue weighted by Crippen LogP contribution is 2.12. The van der Waals surface area contributed by atoms with Crippen molar-refractivity contribution < 1.29 is 0 Å². The molecular formula is C5H8N3PS. The van der Waals surface area contributed by atoms with Gasteiger partial charge in [-0.05, 0) is 0 Å². The highest BCUT2D eigenvalue weighted by Gasteiger charge is 1.97. The van der Waals surface area contributed by atoms with Crippen molar-refractivity contribution in [3.8, 4) is 0 Å². The zero-order valence-electron chi connectivity index (χ0n) is 5.32. The molecule has 1 N–H and O–H groups in total. The molecular weight excluding hydrogens is 165 g/mol. The van der Waals surface area contributed by atoms with Crippen molar-refractivity contribution in [2.24, 2.45) is 0 Å². The molecule has 0 amide bonds. The van der Waals surface area contributed by atoms with Gasteiger partial charge < -0.3 is 5.32 Å². The minimum atomic E-state index is 0.174. The molecule has 3 nitrogen and oxygen atoms in total. The van der Waals surface area contributed by atoms with Crippen molar-refractivity contribution in [1.29, 1.82) is 0 Å². The number of hydrogen-bond acceptors (Lipinski definition) is 4. The Hall–Kier alpha value is -0.470. The summed E-state index contributed by atoms with van der Waals surface area (Å²) in [6.45, 7) is 3.61. The van der Waals surface area contributed by atoms with E-state index in [0.29, 0.717) is 0 Å². The fraction of sp³-hybridized carbons (Fsp3) is 0.200. The maximum Gasteiger partial charge on any atom is 0.206 e. The maximum atomic E-state index is 3.80. The Kier molecular flexibility index (Phi) is 2.78. The molecule has 0 aliphatic rings. The predicted octanol–water partition coefficient (Wildman–Crippen LogP) is 1.34. The van der Waals surface area contributed by atoms with Gasteiger partial charge in [0.15, 0.2) is 0 Å². The van der Waals surface area contributed by atoms with Crippen molar-refractivity contribution in [2.45, 2.75) is 5.78 Å². The van der Waals surface area contributed by atoms with Crippen molar-refractivity contribution >= 4 is 25.7 Å². The number of rotatable bonds is 3. The van der Waals surface area contributed by atoms with Gasteiger partial charge in [-0.3, -0.25) is 0 Å². The van der Waals surface area contributed by atoms with Gasteiger partial charge in [-0.1, -0.05) is 17.4 Å². The molecule has 2 unspecified atom stereocenters. The lowest BCUT2D eigenvalue weighted by Crippen LogP contribution is -2.06. The lowest BCUT2D eigenvalue weighted by molar-refractivity contribution is 1.07. The molecule has 0 aliphatic carbocycles. The third-order valence-electron chi connectivity index (χ3n) is 0.904. The summed E-state index contributed by atoms with van der Waals surface area (Å²) in [7, 11) is 2.59. The largest absolute Gasteiger partial charge is 0.351 e. The molecule has 0 spiro atoms. The fourth-order valence-electron chi connectivity index (χ4n) is 0.437. The lowest BCUT2D eigenvalue weighted by atomic mass is 10.6. The van der Waals surface area contributed by atoms with E-state index >= 15 is 0 Å². The molecule has 1 aromatic rings. The second-order valence-electron chi connectivity index (χ2n) is 1.65. The van der Waals surface area contributed by atoms with E-state index < -0.39 is 0 Å². The van der Waals surface area contributed by atoms with Crippen LogP contribution in [-0.2, 0) is 0 Å². The zero-order valence-corrected chi connectivity index (χ0v) is 7.29. The average molecular weight is 173 g/mol. The van der Waals surface area contributed by atoms with Crippen molar-refractivity contribution in [3.63, 3.8) is 0 Å². The summed E-state index contributed by atoms with van der Waals surface area (Å²) in [4.78, 5) is 0. The van der Waals surface area contributed by atoms with Crippen LogP contribution < -0.4 is 5.32 Å². The van der Waals surface area contributed by atoms with E-state index in [-0.39, 0.29) is 5.78 Å². The third kappa shape index (κ3) is 2.05. The molecule has 1 rings (SSSR count). The Balaban J connectivity index is 2.47. The van der Waals surface area contributed by atoms with Crippen LogP contribution >= 0.6 is 20.6 Å². The van der Waals surface area contributed by atoms with Crippen LogP contribution in [0.5, 0.6) is 0 Å². The summed E-state index contributed by atoms with van der Waals surface area (Å²) in [5.41, 5.74) is 1.68. The number of aromatic nitrogens is 2. The summed E-state index contributed by atoms with van der Waals surface area (Å²) in [5.74, 6) is 0.174. The van der Waals surface area contributed by atoms with E-state index in [2.05, 4.69) is 31.3 Å². The number of anilines is 1. The molecule has 5 heteroatoms. The van der Waals surface area contributed by atoms with E-state index in [1.54, 1.807) is 11.6 Å². The van der Waals surface area contributed by atoms with Gasteiger partial charge in [0.1, 0.15) is 5.51 Å². The summed E-state index contributed by atoms with van der Waals surface area (Å²) >= 11 is 1.47. The first-order chi connectivity index (χ1) is 4.83. The molecule has 0 aromatic carbocycles. The van der Waals surface area contributed by atoms with E-state index in [4.69, 9.17) is 0 Å². The van der Waals surface area contributed by atoms with Gasteiger partial charge in [0, 0.05) is 0 Å². The van der Waals surface area contributed by atoms with Gasteiger partial charge in [-0.25, -0.2) is 0 Å². The molecule has 0 saturated carbocycles. The standard InChI is InChI=1S/C5H8N3PS/c1-2-4(9)7-5-8-6-3-10-5/h2-4H,1,9H2,(H,7,8). The van der Waals surface area contributed by atoms with Gasteiger partial charge in [0.05, 0.1) is 5.78 Å². The van der Waals surface area contributed by atoms with Crippen LogP contribution in [0.1, 0.15) is 0 Å². The van der Waals surface area contributed by atoms with E-state index in [0.717, 1.165) is 5.13 Å². The molecule has 1 heterocycles. The number of nitrogens with one attached hydrogen (secondary N) is 1. The normalized spacial score (nSPS) is 12.5. The summed E-state index contributed by atoms with van der Waals surface area (Å²) in [6, 6.07) is 0. The molecule has 0 saturated heterocycles. The average Bonchev–Trinajstić information content (AvgIpc) is 2.40. The van der Waals surface area contributed by atoms with Crippen LogP contribution in [-0.4, -0.2) is 16.0 Å². The smallest absolute Gasteiger partial charge is 0.206 e. The van der Waals surface area contributed by atoms with Crippen molar-refractivity contribution in [2.75, 3.05) is 5.32 Å². The summed E-state index contributed by atoms with van der Waals surface area (Å²) in [5, 5.41) is 11.4. The van der Waals surface area contributed by atoms with Crippen LogP contribution in [0.2, 0.25) is 0 Å². The van der Waals surface area contributed by atoms with E-state index in [1.165, 1.54) is 11.3 Å². The highest BCUT2D eigenvalue weighted by atomic mass is 32.1. The second-order valence-corrected chi connectivity index (χ2v) is 3.20. The second kappa shape index (κ2) is 3.64. The van der Waals surface area contributed by atoms with Crippen LogP contribution in [0.3, 0.4) is 0 Å². The number of hydrogen-bond donors (Lipinski definition) is 1. The quantitative estimate of drug-likeness (QED) is 0.553. The van der Waals surface area contributed by atoms with Crippen LogP contribution in [0.4, 0.5) is 5.13 Å². The van der Waals surface area contributed by atoms with Gasteiger partial charge in [-0.2, -0.15) is 0 Å². The molecule has 1 aromatic heterocycles. The van der Waals surface area contributed by atoms with Gasteiger partial charge in [0.25, 0.3) is 0 Å². The summed E-state index contributed by atoms with van der Waals surface area (Å²) in [6.07, 6.45) is 1.78. The van der Waals surface area contributed by atoms with Gasteiger partial charge in [-0.15, -0.1) is 26.0 Å². The first-order valence-corrected chi connectivity index (χ1v) is 4.28. The van der Waals surface area contributed by atoms with E-state index in [1.807, 2.05) is 0 Å². The Morgan fingerprint density at radius 3 is 3.20 bits per heavy atom. The molecule has 0 radical (unpaired) electrons. The number of nitrogens with zero attached hydrogens (tertiary/aromatic N) is 2. The first-order valence-electron chi connectivity index (χ1n) is 2.74. The molecule has 0 fully saturated rings. The predicted molar refractivity (Wildman–Crippen MR) is 47.2 cm³/mol. The topological polar surface area (TPSA) is 37.8 Å². The fourth-order valence-corrected chi connectivity index (χ4v) is 1.21. The molecule has 0 aliphatic heterocycles. The minimum Gasteiger partial charge on any atom is -0.351 e. The minimum absolute atomic E-state index is 0.174. The molecule has 54 valence electrons. The molecule has 0 bridgehead atoms. The Labute approximate surface area is 65.8 Å². The molecule has 2 atom stereocenters. The summed E-state index contributed by atoms with van der Waals surface area (Å²) < 4.78 is 0. The van der Waals surface area contributed by atoms with Crippen molar-refractivity contribution in [3.05, 3.63) is 18.2 Å². The zero-order chi connectivity index (χ0) is 7.40. The first kappa shape index (κ1) is 7.63. The Morgan fingerprint density at radius 1 is 1.90 bits per heavy atom. The van der Waals surface area contributed by atoms with Crippen molar-refractivity contribution in [1.82, 2.24) is 10.2 Å². The van der Waals surface area contributed by atoms with Gasteiger partial charge in [0.2, 0.25) is 5.13 Å². The van der Waals surface area contributed by atoms with Crippen LogP contribution in [0.25, 0.3) is 0 Å². The maximum absolute atomic E-state index is 3.80. The SMILES string of the molecule is C=CC(P)Nc1nncs1. The van der Waals surface area contributed by atoms with Crippen LogP contribution in [0, 0.1) is 0 Å².